The Balaban J connectivity index is 1.59. The smallest absolute Gasteiger partial charge is 0.260 e. The van der Waals surface area contributed by atoms with E-state index in [0.29, 0.717) is 27.3 Å². The van der Waals surface area contributed by atoms with Crippen LogP contribution in [0, 0.1) is 0 Å². The maximum absolute atomic E-state index is 12.7. The van der Waals surface area contributed by atoms with Crippen molar-refractivity contribution < 1.29 is 4.79 Å². The standard InChI is InChI=1S/C22H17Cl2N5O/c1-14(15-9-10-16(23)17(24)12-15)27-28-21(30)13-29-20-8-3-2-6-18(20)26-22(29)19-7-4-5-11-25-19/h2-12H,13H2,1H3,(H,28,30). The second-order valence-electron chi connectivity index (χ2n) is 6.59. The molecular formula is C22H17Cl2N5O. The molecule has 2 heterocycles. The molecule has 2 aromatic heterocycles. The number of hydrogen-bond donors (Lipinski definition) is 1. The van der Waals surface area contributed by atoms with E-state index >= 15 is 0 Å². The van der Waals surface area contributed by atoms with Crippen molar-refractivity contribution in [3.63, 3.8) is 0 Å². The highest BCUT2D eigenvalue weighted by atomic mass is 35.5. The normalized spacial score (nSPS) is 11.6. The van der Waals surface area contributed by atoms with Gasteiger partial charge in [0.05, 0.1) is 26.8 Å². The first-order valence-corrected chi connectivity index (χ1v) is 9.94. The van der Waals surface area contributed by atoms with Gasteiger partial charge in [-0.2, -0.15) is 5.10 Å². The van der Waals surface area contributed by atoms with Crippen LogP contribution < -0.4 is 5.43 Å². The Morgan fingerprint density at radius 1 is 1.07 bits per heavy atom. The number of benzene rings is 2. The van der Waals surface area contributed by atoms with E-state index < -0.39 is 0 Å². The summed E-state index contributed by atoms with van der Waals surface area (Å²) in [5, 5.41) is 5.09. The molecule has 150 valence electrons. The van der Waals surface area contributed by atoms with Gasteiger partial charge in [-0.25, -0.2) is 10.4 Å². The third kappa shape index (κ3) is 4.20. The quantitative estimate of drug-likeness (QED) is 0.354. The summed E-state index contributed by atoms with van der Waals surface area (Å²) in [5.74, 6) is 0.340. The summed E-state index contributed by atoms with van der Waals surface area (Å²) in [6.07, 6.45) is 1.70. The van der Waals surface area contributed by atoms with Crippen molar-refractivity contribution in [2.45, 2.75) is 13.5 Å². The molecule has 1 N–H and O–H groups in total. The van der Waals surface area contributed by atoms with E-state index in [4.69, 9.17) is 23.2 Å². The van der Waals surface area contributed by atoms with Crippen molar-refractivity contribution in [1.82, 2.24) is 20.0 Å². The lowest BCUT2D eigenvalue weighted by Gasteiger charge is -2.09. The summed E-state index contributed by atoms with van der Waals surface area (Å²) in [4.78, 5) is 21.7. The number of carbonyl (C=O) groups excluding carboxylic acids is 1. The van der Waals surface area contributed by atoms with Crippen LogP contribution in [0.5, 0.6) is 0 Å². The van der Waals surface area contributed by atoms with E-state index in [1.165, 1.54) is 0 Å². The summed E-state index contributed by atoms with van der Waals surface area (Å²) in [6, 6.07) is 18.4. The van der Waals surface area contributed by atoms with E-state index in [0.717, 1.165) is 16.6 Å². The predicted molar refractivity (Wildman–Crippen MR) is 120 cm³/mol. The molecule has 8 heteroatoms. The minimum absolute atomic E-state index is 0.0462. The Labute approximate surface area is 183 Å². The van der Waals surface area contributed by atoms with Crippen LogP contribution >= 0.6 is 23.2 Å². The number of aromatic nitrogens is 3. The fourth-order valence-corrected chi connectivity index (χ4v) is 3.34. The largest absolute Gasteiger partial charge is 0.313 e. The second kappa shape index (κ2) is 8.65. The molecule has 4 rings (SSSR count). The lowest BCUT2D eigenvalue weighted by Crippen LogP contribution is -2.24. The summed E-state index contributed by atoms with van der Waals surface area (Å²) in [5.41, 5.74) is 6.31. The molecule has 0 unspecified atom stereocenters. The number of amides is 1. The Hall–Kier alpha value is -3.22. The maximum Gasteiger partial charge on any atom is 0.260 e. The van der Waals surface area contributed by atoms with Crippen molar-refractivity contribution >= 4 is 45.9 Å². The van der Waals surface area contributed by atoms with E-state index in [9.17, 15) is 4.79 Å². The second-order valence-corrected chi connectivity index (χ2v) is 7.40. The number of para-hydroxylation sites is 2. The summed E-state index contributed by atoms with van der Waals surface area (Å²) >= 11 is 12.0. The SMILES string of the molecule is CC(=NNC(=O)Cn1c(-c2ccccn2)nc2ccccc21)c1ccc(Cl)c(Cl)c1. The highest BCUT2D eigenvalue weighted by molar-refractivity contribution is 6.42. The predicted octanol–water partition coefficient (Wildman–Crippen LogP) is 4.95. The van der Waals surface area contributed by atoms with E-state index in [2.05, 4.69) is 20.5 Å². The number of nitrogens with zero attached hydrogens (tertiary/aromatic N) is 4. The van der Waals surface area contributed by atoms with Crippen molar-refractivity contribution in [1.29, 1.82) is 0 Å². The summed E-state index contributed by atoms with van der Waals surface area (Å²) in [7, 11) is 0. The van der Waals surface area contributed by atoms with Gasteiger partial charge in [0, 0.05) is 6.20 Å². The minimum atomic E-state index is -0.283. The molecule has 0 aliphatic rings. The molecule has 1 amide bonds. The molecule has 0 saturated carbocycles. The van der Waals surface area contributed by atoms with Crippen molar-refractivity contribution in [3.8, 4) is 11.5 Å². The maximum atomic E-state index is 12.7. The van der Waals surface area contributed by atoms with Crippen LogP contribution in [0.25, 0.3) is 22.6 Å². The van der Waals surface area contributed by atoms with Gasteiger partial charge in [-0.3, -0.25) is 9.78 Å². The summed E-state index contributed by atoms with van der Waals surface area (Å²) in [6.45, 7) is 1.83. The molecule has 30 heavy (non-hydrogen) atoms. The molecule has 0 spiro atoms. The Bertz CT molecular complexity index is 1250. The summed E-state index contributed by atoms with van der Waals surface area (Å²) < 4.78 is 1.83. The third-order valence-electron chi connectivity index (χ3n) is 4.54. The average Bonchev–Trinajstić information content (AvgIpc) is 3.13. The van der Waals surface area contributed by atoms with Gasteiger partial charge in [0.1, 0.15) is 12.2 Å². The van der Waals surface area contributed by atoms with Gasteiger partial charge < -0.3 is 4.57 Å². The molecular weight excluding hydrogens is 421 g/mol. The van der Waals surface area contributed by atoms with Gasteiger partial charge in [0.2, 0.25) is 0 Å². The number of fused-ring (bicyclic) bond motifs is 1. The van der Waals surface area contributed by atoms with E-state index in [-0.39, 0.29) is 12.5 Å². The molecule has 0 aliphatic heterocycles. The molecule has 0 fully saturated rings. The van der Waals surface area contributed by atoms with Gasteiger partial charge in [0.25, 0.3) is 5.91 Å². The van der Waals surface area contributed by atoms with Gasteiger partial charge in [-0.05, 0) is 48.9 Å². The van der Waals surface area contributed by atoms with Crippen LogP contribution in [-0.4, -0.2) is 26.2 Å². The monoisotopic (exact) mass is 437 g/mol. The van der Waals surface area contributed by atoms with Crippen LogP contribution in [0.2, 0.25) is 10.0 Å². The first-order valence-electron chi connectivity index (χ1n) is 9.18. The zero-order valence-corrected chi connectivity index (χ0v) is 17.5. The molecule has 0 bridgehead atoms. The Kier molecular flexibility index (Phi) is 5.79. The topological polar surface area (TPSA) is 72.2 Å². The van der Waals surface area contributed by atoms with Crippen LogP contribution in [0.4, 0.5) is 0 Å². The lowest BCUT2D eigenvalue weighted by molar-refractivity contribution is -0.121. The number of carbonyl (C=O) groups is 1. The van der Waals surface area contributed by atoms with E-state index in [1.807, 2.05) is 47.0 Å². The van der Waals surface area contributed by atoms with Gasteiger partial charge >= 0.3 is 0 Å². The van der Waals surface area contributed by atoms with E-state index in [1.54, 1.807) is 31.3 Å². The third-order valence-corrected chi connectivity index (χ3v) is 5.27. The molecule has 0 radical (unpaired) electrons. The highest BCUT2D eigenvalue weighted by Gasteiger charge is 2.15. The first kappa shape index (κ1) is 20.1. The number of rotatable bonds is 5. The molecule has 6 nitrogen and oxygen atoms in total. The molecule has 2 aromatic carbocycles. The number of imidazole rings is 1. The number of hydrogen-bond acceptors (Lipinski definition) is 4. The highest BCUT2D eigenvalue weighted by Crippen LogP contribution is 2.24. The van der Waals surface area contributed by atoms with Crippen molar-refractivity contribution in [3.05, 3.63) is 82.5 Å². The fraction of sp³-hybridized carbons (Fsp3) is 0.0909. The zero-order chi connectivity index (χ0) is 21.1. The van der Waals surface area contributed by atoms with Gasteiger partial charge in [-0.1, -0.05) is 47.5 Å². The average molecular weight is 438 g/mol. The van der Waals surface area contributed by atoms with Crippen molar-refractivity contribution in [2.24, 2.45) is 5.10 Å². The fourth-order valence-electron chi connectivity index (χ4n) is 3.04. The number of nitrogens with one attached hydrogen (secondary N) is 1. The zero-order valence-electron chi connectivity index (χ0n) is 16.0. The first-order chi connectivity index (χ1) is 14.5. The Morgan fingerprint density at radius 3 is 2.63 bits per heavy atom. The Morgan fingerprint density at radius 2 is 1.87 bits per heavy atom. The number of halogens is 2. The van der Waals surface area contributed by atoms with Gasteiger partial charge in [-0.15, -0.1) is 0 Å². The van der Waals surface area contributed by atoms with Crippen molar-refractivity contribution in [2.75, 3.05) is 0 Å². The van der Waals surface area contributed by atoms with Gasteiger partial charge in [0.15, 0.2) is 5.82 Å². The minimum Gasteiger partial charge on any atom is -0.313 e. The van der Waals surface area contributed by atoms with Crippen LogP contribution in [0.1, 0.15) is 12.5 Å². The number of pyridine rings is 1. The molecule has 0 saturated heterocycles. The van der Waals surface area contributed by atoms with Crippen LogP contribution in [-0.2, 0) is 11.3 Å². The van der Waals surface area contributed by atoms with Crippen LogP contribution in [0.3, 0.4) is 0 Å². The number of hydrazone groups is 1. The molecule has 0 atom stereocenters. The lowest BCUT2D eigenvalue weighted by atomic mass is 10.1. The molecule has 4 aromatic rings. The molecule has 0 aliphatic carbocycles. The van der Waals surface area contributed by atoms with Crippen LogP contribution in [0.15, 0.2) is 72.0 Å².